The van der Waals surface area contributed by atoms with E-state index in [0.717, 1.165) is 34.7 Å². The van der Waals surface area contributed by atoms with Crippen LogP contribution in [0.3, 0.4) is 0 Å². The second-order valence-corrected chi connectivity index (χ2v) is 15.1. The van der Waals surface area contributed by atoms with Crippen LogP contribution < -0.4 is 5.73 Å². The number of anilines is 1. The van der Waals surface area contributed by atoms with Gasteiger partial charge in [-0.15, -0.1) is 0 Å². The van der Waals surface area contributed by atoms with Gasteiger partial charge >= 0.3 is 0 Å². The van der Waals surface area contributed by atoms with Crippen molar-refractivity contribution in [3.63, 3.8) is 0 Å². The Labute approximate surface area is 338 Å². The largest absolute Gasteiger partial charge is 0.398 e. The summed E-state index contributed by atoms with van der Waals surface area (Å²) < 4.78 is 4.87. The van der Waals surface area contributed by atoms with Gasteiger partial charge in [-0.25, -0.2) is 0 Å². The van der Waals surface area contributed by atoms with Crippen molar-refractivity contribution in [2.75, 3.05) is 5.73 Å². The van der Waals surface area contributed by atoms with E-state index in [0.29, 0.717) is 11.4 Å². The molecule has 10 aromatic rings. The molecule has 0 saturated heterocycles. The van der Waals surface area contributed by atoms with Gasteiger partial charge in [0.2, 0.25) is 0 Å². The van der Waals surface area contributed by atoms with Crippen LogP contribution in [0.15, 0.2) is 194 Å². The molecule has 3 N–H and O–H groups in total. The summed E-state index contributed by atoms with van der Waals surface area (Å²) in [5.74, 6) is 0. The minimum Gasteiger partial charge on any atom is -0.398 e. The molecule has 1 aliphatic carbocycles. The highest BCUT2D eigenvalue weighted by molar-refractivity contribution is 6.17. The Hall–Kier alpha value is -7.43. The van der Waals surface area contributed by atoms with Gasteiger partial charge in [0.15, 0.2) is 0 Å². The summed E-state index contributed by atoms with van der Waals surface area (Å²) >= 11 is 0. The van der Waals surface area contributed by atoms with E-state index < -0.39 is 0 Å². The average Bonchev–Trinajstić information content (AvgIpc) is 3.80. The Morgan fingerprint density at radius 2 is 1.14 bits per heavy atom. The summed E-state index contributed by atoms with van der Waals surface area (Å²) in [5, 5.41) is 14.3. The van der Waals surface area contributed by atoms with Gasteiger partial charge in [0.25, 0.3) is 0 Å². The number of nitrogens with two attached hydrogens (primary N) is 1. The van der Waals surface area contributed by atoms with Crippen molar-refractivity contribution in [3.8, 4) is 11.4 Å². The number of benzene rings is 8. The molecule has 278 valence electrons. The summed E-state index contributed by atoms with van der Waals surface area (Å²) in [7, 11) is 0. The van der Waals surface area contributed by atoms with E-state index in [1.165, 1.54) is 72.0 Å². The fourth-order valence-corrected chi connectivity index (χ4v) is 8.81. The lowest BCUT2D eigenvalue weighted by molar-refractivity contribution is 0.884. The zero-order chi connectivity index (χ0) is 39.2. The lowest BCUT2D eigenvalue weighted by Crippen LogP contribution is -2.06. The number of para-hydroxylation sites is 3. The van der Waals surface area contributed by atoms with Gasteiger partial charge in [0.1, 0.15) is 0 Å². The number of fused-ring (bicyclic) bond motifs is 7. The van der Waals surface area contributed by atoms with E-state index in [9.17, 15) is 0 Å². The maximum Gasteiger partial charge on any atom is 0.0705 e. The summed E-state index contributed by atoms with van der Waals surface area (Å²) in [6.07, 6.45) is 4.52. The normalized spacial score (nSPS) is 12.3. The molecule has 0 spiro atoms. The second-order valence-electron chi connectivity index (χ2n) is 15.1. The molecule has 11 rings (SSSR count). The van der Waals surface area contributed by atoms with Crippen LogP contribution in [0, 0.1) is 12.3 Å². The maximum absolute atomic E-state index is 8.31. The predicted molar refractivity (Wildman–Crippen MR) is 245 cm³/mol. The number of rotatable bonds is 5. The molecule has 4 heteroatoms. The van der Waals surface area contributed by atoms with Crippen LogP contribution in [0.25, 0.3) is 60.4 Å². The molecule has 8 aromatic carbocycles. The van der Waals surface area contributed by atoms with E-state index in [2.05, 4.69) is 143 Å². The van der Waals surface area contributed by atoms with Crippen molar-refractivity contribution in [1.29, 1.82) is 5.41 Å². The van der Waals surface area contributed by atoms with Crippen LogP contribution in [0.4, 0.5) is 5.69 Å². The zero-order valence-corrected chi connectivity index (χ0v) is 32.4. The molecular weight excluding hydrogens is 705 g/mol. The number of hydrogen-bond donors (Lipinski definition) is 2. The van der Waals surface area contributed by atoms with Crippen molar-refractivity contribution in [3.05, 3.63) is 228 Å². The maximum atomic E-state index is 8.31. The average molecular weight is 747 g/mol. The molecule has 2 aromatic heterocycles. The SMILES string of the molecule is Cc1ccc(-n2c3c(c4ccccc42)C(c2ccc4c(c2)c2ccccc2n4-c2ccccc2)=CCC3)cc1.N=C(c1ccccc1)c1ccc2ccccc2c1N. The summed E-state index contributed by atoms with van der Waals surface area (Å²) in [5.41, 5.74) is 21.9. The standard InChI is InChI=1S/C37H28N2.C17H14N2/c1-25-18-21-28(22-19-25)39-34-16-8-6-13-31(34)37-29(14-9-17-36(37)39)26-20-23-35-32(24-26)30-12-5-7-15-33(30)38(35)27-10-3-2-4-11-27;18-16(13-7-2-1-3-8-13)15-11-10-12-6-4-5-9-14(12)17(15)19/h2-8,10-16,18-24H,9,17H2,1H3;1-11,18H,19H2. The number of nitrogens with one attached hydrogen (secondary N) is 1. The lowest BCUT2D eigenvalue weighted by atomic mass is 9.88. The third kappa shape index (κ3) is 5.98. The van der Waals surface area contributed by atoms with Crippen LogP contribution >= 0.6 is 0 Å². The topological polar surface area (TPSA) is 59.7 Å². The number of aromatic nitrogens is 2. The monoisotopic (exact) mass is 746 g/mol. The Morgan fingerprint density at radius 3 is 1.90 bits per heavy atom. The Bertz CT molecular complexity index is 3180. The van der Waals surface area contributed by atoms with Gasteiger partial charge < -0.3 is 14.9 Å². The smallest absolute Gasteiger partial charge is 0.0705 e. The van der Waals surface area contributed by atoms with Gasteiger partial charge in [0, 0.05) is 61.0 Å². The molecule has 0 saturated carbocycles. The second kappa shape index (κ2) is 14.6. The van der Waals surface area contributed by atoms with Gasteiger partial charge in [-0.05, 0) is 84.8 Å². The lowest BCUT2D eigenvalue weighted by Gasteiger charge is -2.18. The van der Waals surface area contributed by atoms with Crippen molar-refractivity contribution >= 4 is 60.5 Å². The van der Waals surface area contributed by atoms with E-state index in [-0.39, 0.29) is 0 Å². The van der Waals surface area contributed by atoms with Gasteiger partial charge in [-0.3, -0.25) is 5.41 Å². The summed E-state index contributed by atoms with van der Waals surface area (Å²) in [6, 6.07) is 65.9. The highest BCUT2D eigenvalue weighted by Gasteiger charge is 2.25. The number of allylic oxidation sites excluding steroid dienone is 1. The molecule has 0 radical (unpaired) electrons. The molecule has 0 amide bonds. The molecule has 0 bridgehead atoms. The predicted octanol–water partition coefficient (Wildman–Crippen LogP) is 13.3. The van der Waals surface area contributed by atoms with Gasteiger partial charge in [-0.2, -0.15) is 0 Å². The Morgan fingerprint density at radius 1 is 0.534 bits per heavy atom. The van der Waals surface area contributed by atoms with E-state index in [1.54, 1.807) is 0 Å². The Balaban J connectivity index is 0.000000180. The van der Waals surface area contributed by atoms with Crippen LogP contribution in [0.2, 0.25) is 0 Å². The number of aryl methyl sites for hydroxylation is 1. The highest BCUT2D eigenvalue weighted by Crippen LogP contribution is 2.42. The van der Waals surface area contributed by atoms with E-state index >= 15 is 0 Å². The first-order valence-electron chi connectivity index (χ1n) is 20.0. The zero-order valence-electron chi connectivity index (χ0n) is 32.4. The first-order chi connectivity index (χ1) is 28.5. The minimum atomic E-state index is 0.462. The van der Waals surface area contributed by atoms with Crippen molar-refractivity contribution in [2.45, 2.75) is 19.8 Å². The molecule has 1 aliphatic rings. The minimum absolute atomic E-state index is 0.462. The first-order valence-corrected chi connectivity index (χ1v) is 20.0. The molecule has 0 unspecified atom stereocenters. The molecule has 4 nitrogen and oxygen atoms in total. The summed E-state index contributed by atoms with van der Waals surface area (Å²) in [4.78, 5) is 0. The van der Waals surface area contributed by atoms with Crippen LogP contribution in [0.5, 0.6) is 0 Å². The van der Waals surface area contributed by atoms with Gasteiger partial charge in [0.05, 0.1) is 22.3 Å². The first kappa shape index (κ1) is 35.0. The van der Waals surface area contributed by atoms with Crippen LogP contribution in [0.1, 0.15) is 39.9 Å². The molecule has 58 heavy (non-hydrogen) atoms. The third-order valence-corrected chi connectivity index (χ3v) is 11.6. The van der Waals surface area contributed by atoms with Crippen LogP contribution in [-0.2, 0) is 6.42 Å². The quantitative estimate of drug-likeness (QED) is 0.134. The van der Waals surface area contributed by atoms with Crippen molar-refractivity contribution < 1.29 is 0 Å². The van der Waals surface area contributed by atoms with E-state index in [4.69, 9.17) is 11.1 Å². The number of nitrogens with zero attached hydrogens (tertiary/aromatic N) is 2. The van der Waals surface area contributed by atoms with Crippen LogP contribution in [-0.4, -0.2) is 14.8 Å². The highest BCUT2D eigenvalue weighted by atomic mass is 15.0. The van der Waals surface area contributed by atoms with Gasteiger partial charge in [-0.1, -0.05) is 151 Å². The van der Waals surface area contributed by atoms with Crippen molar-refractivity contribution in [2.24, 2.45) is 0 Å². The fourth-order valence-electron chi connectivity index (χ4n) is 8.81. The van der Waals surface area contributed by atoms with E-state index in [1.807, 2.05) is 66.7 Å². The third-order valence-electron chi connectivity index (χ3n) is 11.6. The van der Waals surface area contributed by atoms with Crippen molar-refractivity contribution in [1.82, 2.24) is 9.13 Å². The number of nitrogen functional groups attached to an aromatic ring is 1. The molecule has 2 heterocycles. The Kier molecular flexibility index (Phi) is 8.80. The molecular formula is C54H42N4. The molecule has 0 atom stereocenters. The summed E-state index contributed by atoms with van der Waals surface area (Å²) in [6.45, 7) is 2.15. The molecule has 0 fully saturated rings. The number of hydrogen-bond acceptors (Lipinski definition) is 2. The fraction of sp³-hybridized carbons (Fsp3) is 0.0556. The molecule has 0 aliphatic heterocycles.